The normalized spacial score (nSPS) is 16.1. The summed E-state index contributed by atoms with van der Waals surface area (Å²) in [5.41, 5.74) is 4.26. The lowest BCUT2D eigenvalue weighted by molar-refractivity contribution is 0.229. The first-order valence-electron chi connectivity index (χ1n) is 11.9. The zero-order chi connectivity index (χ0) is 25.4. The van der Waals surface area contributed by atoms with Crippen LogP contribution < -0.4 is 4.74 Å². The third kappa shape index (κ3) is 5.02. The maximum atomic E-state index is 14.4. The number of hydrogen-bond donors (Lipinski definition) is 0. The van der Waals surface area contributed by atoms with Crippen LogP contribution in [0.2, 0.25) is 0 Å². The highest BCUT2D eigenvalue weighted by atomic mass is 32.2. The first kappa shape index (κ1) is 24.9. The third-order valence-corrected chi connectivity index (χ3v) is 9.51. The summed E-state index contributed by atoms with van der Waals surface area (Å²) in [5, 5.41) is 2.01. The molecule has 0 amide bonds. The fourth-order valence-electron chi connectivity index (χ4n) is 4.78. The average molecular weight is 529 g/mol. The van der Waals surface area contributed by atoms with E-state index < -0.39 is 15.7 Å². The van der Waals surface area contributed by atoms with E-state index >= 15 is 0 Å². The molecule has 0 saturated carbocycles. The molecule has 4 heterocycles. The van der Waals surface area contributed by atoms with Crippen LogP contribution in [-0.2, 0) is 16.3 Å². The zero-order valence-electron chi connectivity index (χ0n) is 20.6. The number of benzene rings is 1. The lowest BCUT2D eigenvalue weighted by Crippen LogP contribution is -2.39. The Hall–Kier alpha value is -2.82. The highest BCUT2D eigenvalue weighted by molar-refractivity contribution is 7.91. The van der Waals surface area contributed by atoms with Gasteiger partial charge < -0.3 is 9.64 Å². The Morgan fingerprint density at radius 2 is 1.97 bits per heavy atom. The van der Waals surface area contributed by atoms with E-state index in [1.165, 1.54) is 24.7 Å². The SMILES string of the molecule is COc1ccc(-c2ccc3c(CCN(C)C4CCS(=O)(=O)CC4)cn(-c4cc(C)ns4)c3n2)cc1F. The second-order valence-electron chi connectivity index (χ2n) is 9.36. The lowest BCUT2D eigenvalue weighted by Gasteiger charge is -2.31. The number of aryl methyl sites for hydroxylation is 1. The number of sulfone groups is 1. The Balaban J connectivity index is 1.46. The Bertz CT molecular complexity index is 1500. The Morgan fingerprint density at radius 1 is 1.19 bits per heavy atom. The van der Waals surface area contributed by atoms with Gasteiger partial charge in [0.2, 0.25) is 0 Å². The standard InChI is InChI=1S/C26H29FN4O3S2/c1-17-14-25(35-29-17)31-16-19(8-11-30(2)20-9-12-36(32,33)13-10-20)21-5-6-23(28-26(21)31)18-4-7-24(34-3)22(27)15-18/h4-7,14-16,20H,8-13H2,1-3H3. The number of rotatable bonds is 7. The van der Waals surface area contributed by atoms with E-state index in [9.17, 15) is 12.8 Å². The van der Waals surface area contributed by atoms with E-state index in [1.54, 1.807) is 12.1 Å². The van der Waals surface area contributed by atoms with Crippen molar-refractivity contribution in [2.75, 3.05) is 32.2 Å². The average Bonchev–Trinajstić information content (AvgIpc) is 3.45. The summed E-state index contributed by atoms with van der Waals surface area (Å²) in [4.78, 5) is 7.21. The molecule has 3 aromatic heterocycles. The predicted octanol–water partition coefficient (Wildman–Crippen LogP) is 4.66. The van der Waals surface area contributed by atoms with Crippen LogP contribution >= 0.6 is 11.5 Å². The van der Waals surface area contributed by atoms with E-state index in [4.69, 9.17) is 9.72 Å². The second kappa shape index (κ2) is 9.91. The predicted molar refractivity (Wildman–Crippen MR) is 141 cm³/mol. The van der Waals surface area contributed by atoms with Crippen molar-refractivity contribution in [1.82, 2.24) is 18.8 Å². The molecule has 190 valence electrons. The summed E-state index contributed by atoms with van der Waals surface area (Å²) in [6.07, 6.45) is 4.29. The Kier molecular flexibility index (Phi) is 6.84. The Morgan fingerprint density at radius 3 is 2.64 bits per heavy atom. The summed E-state index contributed by atoms with van der Waals surface area (Å²) in [7, 11) is 0.641. The minimum atomic E-state index is -2.88. The van der Waals surface area contributed by atoms with Gasteiger partial charge in [-0.05, 0) is 86.7 Å². The molecule has 1 aliphatic heterocycles. The summed E-state index contributed by atoms with van der Waals surface area (Å²) in [6, 6.07) is 11.1. The van der Waals surface area contributed by atoms with Crippen molar-refractivity contribution in [3.05, 3.63) is 59.7 Å². The topological polar surface area (TPSA) is 77.3 Å². The van der Waals surface area contributed by atoms with Crippen LogP contribution in [0, 0.1) is 12.7 Å². The van der Waals surface area contributed by atoms with Gasteiger partial charge in [0.15, 0.2) is 11.6 Å². The minimum Gasteiger partial charge on any atom is -0.494 e. The summed E-state index contributed by atoms with van der Waals surface area (Å²) in [5.74, 6) is 0.310. The molecule has 0 unspecified atom stereocenters. The third-order valence-electron chi connectivity index (χ3n) is 6.92. The first-order valence-corrected chi connectivity index (χ1v) is 14.5. The van der Waals surface area contributed by atoms with E-state index in [-0.39, 0.29) is 23.3 Å². The largest absolute Gasteiger partial charge is 0.494 e. The fourth-order valence-corrected chi connectivity index (χ4v) is 6.99. The molecule has 36 heavy (non-hydrogen) atoms. The smallest absolute Gasteiger partial charge is 0.165 e. The van der Waals surface area contributed by atoms with Crippen LogP contribution in [-0.4, -0.2) is 65.5 Å². The molecule has 0 radical (unpaired) electrons. The van der Waals surface area contributed by atoms with E-state index in [0.717, 1.165) is 40.3 Å². The number of methoxy groups -OCH3 is 1. The monoisotopic (exact) mass is 528 g/mol. The van der Waals surface area contributed by atoms with Crippen LogP contribution in [0.1, 0.15) is 24.1 Å². The second-order valence-corrected chi connectivity index (χ2v) is 12.4. The quantitative estimate of drug-likeness (QED) is 0.347. The highest BCUT2D eigenvalue weighted by Crippen LogP contribution is 2.31. The molecule has 0 spiro atoms. The van der Waals surface area contributed by atoms with Crippen molar-refractivity contribution in [1.29, 1.82) is 0 Å². The van der Waals surface area contributed by atoms with E-state index in [1.807, 2.05) is 25.1 Å². The number of likely N-dealkylation sites (N-methyl/N-ethyl adjacent to an activating group) is 1. The van der Waals surface area contributed by atoms with Crippen LogP contribution in [0.3, 0.4) is 0 Å². The van der Waals surface area contributed by atoms with Gasteiger partial charge in [-0.25, -0.2) is 17.8 Å². The summed E-state index contributed by atoms with van der Waals surface area (Å²) >= 11 is 1.42. The number of nitrogens with zero attached hydrogens (tertiary/aromatic N) is 4. The van der Waals surface area contributed by atoms with Crippen LogP contribution in [0.5, 0.6) is 5.75 Å². The van der Waals surface area contributed by atoms with Crippen LogP contribution in [0.25, 0.3) is 27.3 Å². The first-order chi connectivity index (χ1) is 17.2. The fraction of sp³-hybridized carbons (Fsp3) is 0.385. The molecule has 1 saturated heterocycles. The molecule has 1 aliphatic rings. The molecule has 5 rings (SSSR count). The van der Waals surface area contributed by atoms with Crippen molar-refractivity contribution in [2.45, 2.75) is 32.2 Å². The van der Waals surface area contributed by atoms with Gasteiger partial charge in [0.1, 0.15) is 20.5 Å². The number of ether oxygens (including phenoxy) is 1. The number of hydrogen-bond acceptors (Lipinski definition) is 7. The van der Waals surface area contributed by atoms with Crippen molar-refractivity contribution in [2.24, 2.45) is 0 Å². The van der Waals surface area contributed by atoms with Gasteiger partial charge in [-0.3, -0.25) is 4.57 Å². The zero-order valence-corrected chi connectivity index (χ0v) is 22.2. The van der Waals surface area contributed by atoms with Gasteiger partial charge in [-0.1, -0.05) is 0 Å². The summed E-state index contributed by atoms with van der Waals surface area (Å²) in [6.45, 7) is 2.78. The molecule has 1 fully saturated rings. The molecule has 4 aromatic rings. The number of halogens is 1. The molecule has 0 bridgehead atoms. The molecular formula is C26H29FN4O3S2. The molecule has 7 nitrogen and oxygen atoms in total. The van der Waals surface area contributed by atoms with Gasteiger partial charge in [0.05, 0.1) is 30.0 Å². The molecule has 0 aliphatic carbocycles. The number of fused-ring (bicyclic) bond motifs is 1. The molecule has 0 atom stereocenters. The maximum Gasteiger partial charge on any atom is 0.165 e. The van der Waals surface area contributed by atoms with Crippen molar-refractivity contribution in [3.8, 4) is 22.0 Å². The van der Waals surface area contributed by atoms with E-state index in [2.05, 4.69) is 27.1 Å². The van der Waals surface area contributed by atoms with Gasteiger partial charge in [0, 0.05) is 29.7 Å². The lowest BCUT2D eigenvalue weighted by atomic mass is 10.1. The van der Waals surface area contributed by atoms with Gasteiger partial charge >= 0.3 is 0 Å². The van der Waals surface area contributed by atoms with Crippen molar-refractivity contribution >= 4 is 32.4 Å². The molecule has 0 N–H and O–H groups in total. The van der Waals surface area contributed by atoms with Gasteiger partial charge in [-0.15, -0.1) is 0 Å². The molecular weight excluding hydrogens is 499 g/mol. The molecule has 10 heteroatoms. The number of pyridine rings is 1. The van der Waals surface area contributed by atoms with Gasteiger partial charge in [0.25, 0.3) is 0 Å². The maximum absolute atomic E-state index is 14.4. The van der Waals surface area contributed by atoms with Crippen LogP contribution in [0.15, 0.2) is 42.6 Å². The minimum absolute atomic E-state index is 0.199. The highest BCUT2D eigenvalue weighted by Gasteiger charge is 2.26. The Labute approximate surface area is 214 Å². The van der Waals surface area contributed by atoms with Crippen molar-refractivity contribution in [3.63, 3.8) is 0 Å². The summed E-state index contributed by atoms with van der Waals surface area (Å²) < 4.78 is 49.5. The number of aromatic nitrogens is 3. The van der Waals surface area contributed by atoms with Crippen molar-refractivity contribution < 1.29 is 17.5 Å². The van der Waals surface area contributed by atoms with E-state index in [0.29, 0.717) is 24.1 Å². The molecule has 1 aromatic carbocycles. The van der Waals surface area contributed by atoms with Crippen LogP contribution in [0.4, 0.5) is 4.39 Å². The van der Waals surface area contributed by atoms with Gasteiger partial charge in [-0.2, -0.15) is 4.37 Å².